The number of unbranched alkanes of at least 4 members (excludes halogenated alkanes) is 11. The Morgan fingerprint density at radius 2 is 1.30 bits per heavy atom. The zero-order valence-corrected chi connectivity index (χ0v) is 34.7. The first-order chi connectivity index (χ1) is 25.4. The van der Waals surface area contributed by atoms with Crippen LogP contribution in [0.3, 0.4) is 0 Å². The molecular weight excluding hydrogens is 693 g/mol. The quantitative estimate of drug-likeness (QED) is 0.0167. The number of likely N-dealkylation sites (N-methyl/N-ethyl adjacent to an activating group) is 1. The summed E-state index contributed by atoms with van der Waals surface area (Å²) < 4.78 is 33.7. The van der Waals surface area contributed by atoms with Gasteiger partial charge in [0.25, 0.3) is 7.82 Å². The van der Waals surface area contributed by atoms with Gasteiger partial charge in [-0.05, 0) is 44.9 Å². The molecule has 0 aromatic heterocycles. The topological polar surface area (TPSA) is 131 Å². The number of rotatable bonds is 35. The lowest BCUT2D eigenvalue weighted by Crippen LogP contribution is -2.37. The number of hydrogen-bond acceptors (Lipinski definition) is 9. The molecule has 0 amide bonds. The molecule has 0 fully saturated rings. The van der Waals surface area contributed by atoms with Gasteiger partial charge in [-0.2, -0.15) is 0 Å². The highest BCUT2D eigenvalue weighted by atomic mass is 31.2. The number of aliphatic hydroxyl groups excluding tert-OH is 1. The zero-order chi connectivity index (χ0) is 39.5. The van der Waals surface area contributed by atoms with Gasteiger partial charge in [0, 0.05) is 12.8 Å². The first-order valence-corrected chi connectivity index (χ1v) is 21.6. The molecule has 0 spiro atoms. The molecule has 10 nitrogen and oxygen atoms in total. The number of ether oxygens (including phenoxy) is 2. The lowest BCUT2D eigenvalue weighted by atomic mass is 10.1. The summed E-state index contributed by atoms with van der Waals surface area (Å²) in [4.78, 5) is 37.3. The van der Waals surface area contributed by atoms with Gasteiger partial charge in [0.1, 0.15) is 19.8 Å². The van der Waals surface area contributed by atoms with Gasteiger partial charge in [-0.25, -0.2) is 0 Å². The molecule has 0 bridgehead atoms. The van der Waals surface area contributed by atoms with Crippen LogP contribution < -0.4 is 4.89 Å². The van der Waals surface area contributed by atoms with Crippen molar-refractivity contribution in [1.29, 1.82) is 0 Å². The standard InChI is InChI=1S/C42H74NO9P/c1-6-8-10-12-13-14-15-19-22-25-29-33-41(45)49-37-40(38-51-53(47,48)50-36-35-43(3,4)5)52-42(46)34-30-26-23-20-17-16-18-21-24-28-32-39(44)31-27-11-9-7-2/h9,11,16,18,20,23-24,27-28,31,39-40,44H,6-8,10,12-15,17,19,21-22,25-26,29-30,32-38H2,1-5H3/b11-9-,18-16-,23-20-,28-24-,31-27+. The molecule has 53 heavy (non-hydrogen) atoms. The van der Waals surface area contributed by atoms with Crippen molar-refractivity contribution in [1.82, 2.24) is 0 Å². The molecule has 3 unspecified atom stereocenters. The number of aliphatic hydroxyl groups is 1. The van der Waals surface area contributed by atoms with Crippen LogP contribution in [-0.2, 0) is 32.7 Å². The van der Waals surface area contributed by atoms with Gasteiger partial charge in [-0.1, -0.05) is 139 Å². The summed E-state index contributed by atoms with van der Waals surface area (Å²) in [6.07, 6.45) is 35.8. The van der Waals surface area contributed by atoms with E-state index < -0.39 is 38.6 Å². The van der Waals surface area contributed by atoms with Crippen molar-refractivity contribution in [3.05, 3.63) is 60.8 Å². The van der Waals surface area contributed by atoms with Crippen LogP contribution in [0.5, 0.6) is 0 Å². The van der Waals surface area contributed by atoms with E-state index in [4.69, 9.17) is 18.5 Å². The molecule has 0 aliphatic heterocycles. The molecule has 0 rings (SSSR count). The number of allylic oxidation sites excluding steroid dienone is 8. The van der Waals surface area contributed by atoms with Gasteiger partial charge in [0.2, 0.25) is 0 Å². The molecule has 0 aromatic carbocycles. The van der Waals surface area contributed by atoms with Gasteiger partial charge in [0.05, 0.1) is 33.9 Å². The average Bonchev–Trinajstić information content (AvgIpc) is 3.10. The van der Waals surface area contributed by atoms with Gasteiger partial charge in [-0.15, -0.1) is 0 Å². The number of carbonyl (C=O) groups is 2. The van der Waals surface area contributed by atoms with Crippen molar-refractivity contribution < 1.29 is 47.2 Å². The molecule has 306 valence electrons. The largest absolute Gasteiger partial charge is 0.756 e. The zero-order valence-electron chi connectivity index (χ0n) is 33.8. The predicted octanol–water partition coefficient (Wildman–Crippen LogP) is 9.24. The Balaban J connectivity index is 4.57. The maximum Gasteiger partial charge on any atom is 0.306 e. The van der Waals surface area contributed by atoms with Crippen LogP contribution in [0.2, 0.25) is 0 Å². The van der Waals surface area contributed by atoms with Crippen molar-refractivity contribution in [3.63, 3.8) is 0 Å². The number of phosphoric acid groups is 1. The monoisotopic (exact) mass is 768 g/mol. The summed E-state index contributed by atoms with van der Waals surface area (Å²) in [5, 5.41) is 9.91. The van der Waals surface area contributed by atoms with E-state index in [0.717, 1.165) is 32.1 Å². The van der Waals surface area contributed by atoms with Crippen molar-refractivity contribution >= 4 is 19.8 Å². The summed E-state index contributed by atoms with van der Waals surface area (Å²) >= 11 is 0. The normalized spacial score (nSPS) is 14.9. The summed E-state index contributed by atoms with van der Waals surface area (Å²) in [5.41, 5.74) is 0. The van der Waals surface area contributed by atoms with Gasteiger partial charge in [-0.3, -0.25) is 14.2 Å². The van der Waals surface area contributed by atoms with Crippen LogP contribution in [0.15, 0.2) is 60.8 Å². The average molecular weight is 768 g/mol. The number of carbonyl (C=O) groups excluding carboxylic acids is 2. The van der Waals surface area contributed by atoms with Crippen LogP contribution >= 0.6 is 7.82 Å². The number of phosphoric ester groups is 1. The highest BCUT2D eigenvalue weighted by Crippen LogP contribution is 2.38. The highest BCUT2D eigenvalue weighted by Gasteiger charge is 2.21. The van der Waals surface area contributed by atoms with E-state index in [1.54, 1.807) is 6.08 Å². The highest BCUT2D eigenvalue weighted by molar-refractivity contribution is 7.45. The van der Waals surface area contributed by atoms with Crippen LogP contribution in [0.1, 0.15) is 136 Å². The third-order valence-electron chi connectivity index (χ3n) is 8.13. The minimum Gasteiger partial charge on any atom is -0.756 e. The molecule has 1 N–H and O–H groups in total. The molecule has 0 saturated heterocycles. The summed E-state index contributed by atoms with van der Waals surface area (Å²) in [6, 6.07) is 0. The van der Waals surface area contributed by atoms with E-state index in [-0.39, 0.29) is 26.1 Å². The van der Waals surface area contributed by atoms with Crippen LogP contribution in [-0.4, -0.2) is 81.2 Å². The Morgan fingerprint density at radius 1 is 0.717 bits per heavy atom. The minimum absolute atomic E-state index is 0.0519. The second-order valence-electron chi connectivity index (χ2n) is 14.5. The Kier molecular flexibility index (Phi) is 32.7. The fourth-order valence-corrected chi connectivity index (χ4v) is 5.66. The smallest absolute Gasteiger partial charge is 0.306 e. The third-order valence-corrected chi connectivity index (χ3v) is 9.10. The van der Waals surface area contributed by atoms with Crippen LogP contribution in [0, 0.1) is 0 Å². The molecule has 0 radical (unpaired) electrons. The maximum absolute atomic E-state index is 12.6. The molecule has 0 heterocycles. The Labute approximate surface area is 322 Å². The molecule has 0 aromatic rings. The Bertz CT molecular complexity index is 1110. The van der Waals surface area contributed by atoms with Crippen LogP contribution in [0.25, 0.3) is 0 Å². The lowest BCUT2D eigenvalue weighted by Gasteiger charge is -2.28. The van der Waals surface area contributed by atoms with E-state index in [1.807, 2.05) is 63.7 Å². The van der Waals surface area contributed by atoms with Crippen molar-refractivity contribution in [2.75, 3.05) is 47.5 Å². The predicted molar refractivity (Wildman–Crippen MR) is 214 cm³/mol. The van der Waals surface area contributed by atoms with Crippen molar-refractivity contribution in [2.24, 2.45) is 0 Å². The second-order valence-corrected chi connectivity index (χ2v) is 15.9. The van der Waals surface area contributed by atoms with E-state index in [2.05, 4.69) is 26.0 Å². The van der Waals surface area contributed by atoms with E-state index in [0.29, 0.717) is 36.7 Å². The van der Waals surface area contributed by atoms with Crippen molar-refractivity contribution in [2.45, 2.75) is 148 Å². The third kappa shape index (κ3) is 37.8. The molecule has 0 aliphatic carbocycles. The maximum atomic E-state index is 12.6. The fourth-order valence-electron chi connectivity index (χ4n) is 4.94. The molecule has 0 aliphatic rings. The summed E-state index contributed by atoms with van der Waals surface area (Å²) in [6.45, 7) is 3.90. The Hall–Kier alpha value is -2.33. The summed E-state index contributed by atoms with van der Waals surface area (Å²) in [7, 11) is 1.09. The fraction of sp³-hybridized carbons (Fsp3) is 0.714. The molecular formula is C42H74NO9P. The first-order valence-electron chi connectivity index (χ1n) is 20.1. The minimum atomic E-state index is -4.65. The number of quaternary nitrogens is 1. The summed E-state index contributed by atoms with van der Waals surface area (Å²) in [5.74, 6) is -0.936. The Morgan fingerprint density at radius 3 is 1.92 bits per heavy atom. The van der Waals surface area contributed by atoms with Gasteiger partial charge >= 0.3 is 11.9 Å². The molecule has 3 atom stereocenters. The van der Waals surface area contributed by atoms with E-state index in [9.17, 15) is 24.2 Å². The van der Waals surface area contributed by atoms with E-state index in [1.165, 1.54) is 51.4 Å². The second kappa shape index (κ2) is 34.2. The number of esters is 2. The SMILES string of the molecule is CC/C=C\C=C\C(O)C/C=C\C/C=C\C/C=C\CCCC(=O)OC(COC(=O)CCCCCCCCCCCCC)COP(=O)([O-])OCC[N+](C)(C)C. The molecule has 11 heteroatoms. The van der Waals surface area contributed by atoms with Crippen molar-refractivity contribution in [3.8, 4) is 0 Å². The van der Waals surface area contributed by atoms with E-state index >= 15 is 0 Å². The van der Waals surface area contributed by atoms with Gasteiger partial charge in [0.15, 0.2) is 6.10 Å². The number of nitrogens with zero attached hydrogens (tertiary/aromatic N) is 1. The molecule has 0 saturated carbocycles. The van der Waals surface area contributed by atoms with Gasteiger partial charge < -0.3 is 33.0 Å². The first kappa shape index (κ1) is 50.7. The number of hydrogen-bond donors (Lipinski definition) is 1. The lowest BCUT2D eigenvalue weighted by molar-refractivity contribution is -0.870. The van der Waals surface area contributed by atoms with Crippen LogP contribution in [0.4, 0.5) is 0 Å².